The Labute approximate surface area is 130 Å². The van der Waals surface area contributed by atoms with Crippen LogP contribution >= 0.6 is 34.8 Å². The summed E-state index contributed by atoms with van der Waals surface area (Å²) in [6.45, 7) is 0. The summed E-state index contributed by atoms with van der Waals surface area (Å²) in [7, 11) is 1.45. The van der Waals surface area contributed by atoms with Crippen molar-refractivity contribution in [2.75, 3.05) is 7.11 Å². The van der Waals surface area contributed by atoms with Crippen LogP contribution in [-0.2, 0) is 0 Å². The molecule has 106 valence electrons. The fourth-order valence-electron chi connectivity index (χ4n) is 1.84. The van der Waals surface area contributed by atoms with Gasteiger partial charge in [0, 0.05) is 16.1 Å². The molecule has 0 saturated carbocycles. The zero-order valence-electron chi connectivity index (χ0n) is 10.3. The fraction of sp³-hybridized carbons (Fsp3) is 0.143. The number of rotatable bonds is 3. The summed E-state index contributed by atoms with van der Waals surface area (Å²) in [5, 5.41) is 0.695. The van der Waals surface area contributed by atoms with Gasteiger partial charge in [-0.1, -0.05) is 34.8 Å². The highest BCUT2D eigenvalue weighted by atomic mass is 35.5. The van der Waals surface area contributed by atoms with Gasteiger partial charge in [0.1, 0.15) is 5.75 Å². The lowest BCUT2D eigenvalue weighted by Crippen LogP contribution is -1.93. The molecule has 0 aliphatic carbocycles. The van der Waals surface area contributed by atoms with Crippen molar-refractivity contribution in [2.24, 2.45) is 0 Å². The minimum atomic E-state index is -2.65. The zero-order chi connectivity index (χ0) is 14.9. The normalized spacial score (nSPS) is 10.9. The van der Waals surface area contributed by atoms with Gasteiger partial charge < -0.3 is 4.74 Å². The lowest BCUT2D eigenvalue weighted by Gasteiger charge is -2.13. The first kappa shape index (κ1) is 15.4. The molecule has 6 heteroatoms. The third kappa shape index (κ3) is 3.00. The van der Waals surface area contributed by atoms with Gasteiger partial charge >= 0.3 is 0 Å². The molecule has 2 aromatic carbocycles. The summed E-state index contributed by atoms with van der Waals surface area (Å²) in [5.41, 5.74) is 0.429. The zero-order valence-corrected chi connectivity index (χ0v) is 12.5. The van der Waals surface area contributed by atoms with Crippen LogP contribution in [0.4, 0.5) is 8.78 Å². The van der Waals surface area contributed by atoms with Crippen molar-refractivity contribution in [3.05, 3.63) is 51.0 Å². The van der Waals surface area contributed by atoms with Crippen LogP contribution in [0.2, 0.25) is 15.1 Å². The van der Waals surface area contributed by atoms with Gasteiger partial charge in [0.15, 0.2) is 0 Å². The third-order valence-corrected chi connectivity index (χ3v) is 3.80. The molecule has 0 radical (unpaired) electrons. The number of alkyl halides is 2. The fourth-order valence-corrected chi connectivity index (χ4v) is 2.54. The van der Waals surface area contributed by atoms with Crippen LogP contribution in [0.25, 0.3) is 11.1 Å². The molecule has 0 unspecified atom stereocenters. The number of hydrogen-bond donors (Lipinski definition) is 0. The first-order chi connectivity index (χ1) is 9.43. The first-order valence-electron chi connectivity index (χ1n) is 5.55. The molecule has 0 fully saturated rings. The first-order valence-corrected chi connectivity index (χ1v) is 6.68. The van der Waals surface area contributed by atoms with E-state index < -0.39 is 6.43 Å². The lowest BCUT2D eigenvalue weighted by molar-refractivity contribution is 0.152. The Kier molecular flexibility index (Phi) is 4.74. The molecule has 0 amide bonds. The number of ether oxygens (including phenoxy) is 1. The predicted octanol–water partition coefficient (Wildman–Crippen LogP) is 6.26. The Bertz CT molecular complexity index is 645. The van der Waals surface area contributed by atoms with Crippen LogP contribution in [-0.4, -0.2) is 7.11 Å². The summed E-state index contributed by atoms with van der Waals surface area (Å²) in [6, 6.07) is 7.19. The van der Waals surface area contributed by atoms with E-state index in [0.29, 0.717) is 16.3 Å². The van der Waals surface area contributed by atoms with Gasteiger partial charge in [-0.3, -0.25) is 0 Å². The standard InChI is InChI=1S/C14H9Cl3F2O/c1-20-8-2-3-9(14(18)19)10(6-8)11-4-7(15)5-12(16)13(11)17/h2-6,14H,1H3. The van der Waals surface area contributed by atoms with Crippen molar-refractivity contribution in [1.29, 1.82) is 0 Å². The molecule has 1 nitrogen and oxygen atoms in total. The molecule has 0 aliphatic heterocycles. The van der Waals surface area contributed by atoms with E-state index in [1.807, 2.05) is 0 Å². The van der Waals surface area contributed by atoms with Gasteiger partial charge in [0.05, 0.1) is 17.2 Å². The molecule has 2 aromatic rings. The highest BCUT2D eigenvalue weighted by molar-refractivity contribution is 6.45. The van der Waals surface area contributed by atoms with E-state index in [0.717, 1.165) is 0 Å². The second-order valence-corrected chi connectivity index (χ2v) is 5.22. The lowest BCUT2D eigenvalue weighted by atomic mass is 9.99. The predicted molar refractivity (Wildman–Crippen MR) is 78.4 cm³/mol. The highest BCUT2D eigenvalue weighted by Gasteiger charge is 2.18. The average molecular weight is 338 g/mol. The topological polar surface area (TPSA) is 9.23 Å². The van der Waals surface area contributed by atoms with Crippen LogP contribution in [0.1, 0.15) is 12.0 Å². The van der Waals surface area contributed by atoms with Crippen molar-refractivity contribution >= 4 is 34.8 Å². The van der Waals surface area contributed by atoms with Gasteiger partial charge in [-0.2, -0.15) is 0 Å². The maximum Gasteiger partial charge on any atom is 0.264 e. The van der Waals surface area contributed by atoms with Crippen LogP contribution in [0.3, 0.4) is 0 Å². The number of benzene rings is 2. The second-order valence-electron chi connectivity index (χ2n) is 4.00. The van der Waals surface area contributed by atoms with Gasteiger partial charge in [-0.25, -0.2) is 8.78 Å². The molecule has 0 N–H and O–H groups in total. The molecule has 0 spiro atoms. The van der Waals surface area contributed by atoms with E-state index in [1.165, 1.54) is 37.4 Å². The quantitative estimate of drug-likeness (QED) is 0.601. The molecule has 0 atom stereocenters. The summed E-state index contributed by atoms with van der Waals surface area (Å²) in [6.07, 6.45) is -2.65. The molecule has 0 bridgehead atoms. The Morgan fingerprint density at radius 2 is 1.70 bits per heavy atom. The molecule has 0 saturated heterocycles. The van der Waals surface area contributed by atoms with E-state index >= 15 is 0 Å². The molecule has 0 heterocycles. The maximum absolute atomic E-state index is 13.1. The van der Waals surface area contributed by atoms with Crippen molar-refractivity contribution in [1.82, 2.24) is 0 Å². The molecule has 20 heavy (non-hydrogen) atoms. The minimum absolute atomic E-state index is 0.161. The summed E-state index contributed by atoms with van der Waals surface area (Å²) < 4.78 is 31.3. The Hall–Kier alpha value is -1.03. The van der Waals surface area contributed by atoms with E-state index in [2.05, 4.69) is 0 Å². The largest absolute Gasteiger partial charge is 0.497 e. The summed E-state index contributed by atoms with van der Waals surface area (Å²) >= 11 is 18.0. The minimum Gasteiger partial charge on any atom is -0.497 e. The van der Waals surface area contributed by atoms with E-state index in [1.54, 1.807) is 0 Å². The highest BCUT2D eigenvalue weighted by Crippen LogP contribution is 2.41. The Morgan fingerprint density at radius 1 is 1.00 bits per heavy atom. The molecule has 0 aromatic heterocycles. The van der Waals surface area contributed by atoms with E-state index in [9.17, 15) is 8.78 Å². The SMILES string of the molecule is COc1ccc(C(F)F)c(-c2cc(Cl)cc(Cl)c2Cl)c1. The van der Waals surface area contributed by atoms with Crippen LogP contribution in [0.5, 0.6) is 5.75 Å². The van der Waals surface area contributed by atoms with Gasteiger partial charge in [0.25, 0.3) is 6.43 Å². The van der Waals surface area contributed by atoms with Crippen LogP contribution in [0, 0.1) is 0 Å². The maximum atomic E-state index is 13.1. The molecule has 2 rings (SSSR count). The van der Waals surface area contributed by atoms with Crippen LogP contribution < -0.4 is 4.74 Å². The average Bonchev–Trinajstić information content (AvgIpc) is 2.42. The van der Waals surface area contributed by atoms with Gasteiger partial charge in [0.2, 0.25) is 0 Å². The molecular weight excluding hydrogens is 329 g/mol. The van der Waals surface area contributed by atoms with Crippen molar-refractivity contribution < 1.29 is 13.5 Å². The molecular formula is C14H9Cl3F2O. The number of hydrogen-bond acceptors (Lipinski definition) is 1. The van der Waals surface area contributed by atoms with E-state index in [-0.39, 0.29) is 21.2 Å². The van der Waals surface area contributed by atoms with Crippen molar-refractivity contribution in [3.63, 3.8) is 0 Å². The Morgan fingerprint density at radius 3 is 2.30 bits per heavy atom. The summed E-state index contributed by atoms with van der Waals surface area (Å²) in [4.78, 5) is 0. The van der Waals surface area contributed by atoms with Gasteiger partial charge in [-0.15, -0.1) is 0 Å². The van der Waals surface area contributed by atoms with Crippen LogP contribution in [0.15, 0.2) is 30.3 Å². The number of halogens is 5. The third-order valence-electron chi connectivity index (χ3n) is 2.78. The van der Waals surface area contributed by atoms with Gasteiger partial charge in [-0.05, 0) is 35.9 Å². The smallest absolute Gasteiger partial charge is 0.264 e. The monoisotopic (exact) mass is 336 g/mol. The Balaban J connectivity index is 2.73. The second kappa shape index (κ2) is 6.17. The number of methoxy groups -OCH3 is 1. The van der Waals surface area contributed by atoms with Crippen molar-refractivity contribution in [2.45, 2.75) is 6.43 Å². The van der Waals surface area contributed by atoms with Crippen molar-refractivity contribution in [3.8, 4) is 16.9 Å². The summed E-state index contributed by atoms with van der Waals surface area (Å²) in [5.74, 6) is 0.441. The molecule has 0 aliphatic rings. The van der Waals surface area contributed by atoms with E-state index in [4.69, 9.17) is 39.5 Å².